The molecule has 0 amide bonds. The molecule has 1 aliphatic heterocycles. The minimum absolute atomic E-state index is 0.0647. The first kappa shape index (κ1) is 16.8. The Morgan fingerprint density at radius 2 is 1.77 bits per heavy atom. The van der Waals surface area contributed by atoms with E-state index in [9.17, 15) is 5.11 Å². The van der Waals surface area contributed by atoms with Gasteiger partial charge in [0.25, 0.3) is 0 Å². The number of aliphatic hydroxyl groups excluding tert-OH is 1. The number of hydrogen-bond donors (Lipinski definition) is 1. The Labute approximate surface area is 157 Å². The van der Waals surface area contributed by atoms with Crippen LogP contribution >= 0.6 is 0 Å². The minimum atomic E-state index is -0.444. The fraction of sp³-hybridized carbons (Fsp3) is 1.00. The van der Waals surface area contributed by atoms with Crippen molar-refractivity contribution in [3.8, 4) is 0 Å². The summed E-state index contributed by atoms with van der Waals surface area (Å²) in [6.45, 7) is 6.26. The predicted octanol–water partition coefficient (Wildman–Crippen LogP) is 3.37. The highest BCUT2D eigenvalue weighted by Gasteiger charge is 2.79. The minimum Gasteiger partial charge on any atom is -0.393 e. The highest BCUT2D eigenvalue weighted by Crippen LogP contribution is 2.82. The molecule has 5 saturated carbocycles. The number of methoxy groups -OCH3 is 1. The lowest BCUT2D eigenvalue weighted by Crippen LogP contribution is -2.63. The lowest BCUT2D eigenvalue weighted by atomic mass is 9.45. The van der Waals surface area contributed by atoms with Gasteiger partial charge in [-0.15, -0.1) is 0 Å². The Morgan fingerprint density at radius 1 is 1.00 bits per heavy atom. The maximum absolute atomic E-state index is 11.5. The first-order valence-corrected chi connectivity index (χ1v) is 10.9. The third-order valence-electron chi connectivity index (χ3n) is 10.6. The maximum Gasteiger partial charge on any atom is 0.174 e. The lowest BCUT2D eigenvalue weighted by molar-refractivity contribution is -0.270. The summed E-state index contributed by atoms with van der Waals surface area (Å²) >= 11 is 0. The molecule has 2 spiro atoms. The van der Waals surface area contributed by atoms with Crippen molar-refractivity contribution in [1.82, 2.24) is 0 Å². The van der Waals surface area contributed by atoms with Crippen LogP contribution in [0.15, 0.2) is 0 Å². The van der Waals surface area contributed by atoms with E-state index in [0.29, 0.717) is 42.5 Å². The van der Waals surface area contributed by atoms with Gasteiger partial charge in [0.2, 0.25) is 0 Å². The molecule has 1 N–H and O–H groups in total. The van der Waals surface area contributed by atoms with Gasteiger partial charge in [-0.1, -0.05) is 13.8 Å². The average Bonchev–Trinajstić information content (AvgIpc) is 2.90. The van der Waals surface area contributed by atoms with Crippen LogP contribution in [-0.4, -0.2) is 43.4 Å². The molecule has 0 aromatic rings. The first-order chi connectivity index (χ1) is 12.4. The van der Waals surface area contributed by atoms with E-state index in [1.165, 1.54) is 25.7 Å². The summed E-state index contributed by atoms with van der Waals surface area (Å²) in [5.41, 5.74) is 0.536. The van der Waals surface area contributed by atoms with E-state index in [4.69, 9.17) is 14.2 Å². The summed E-state index contributed by atoms with van der Waals surface area (Å²) in [7, 11) is 1.92. The van der Waals surface area contributed by atoms with Crippen molar-refractivity contribution in [1.29, 1.82) is 0 Å². The van der Waals surface area contributed by atoms with E-state index in [1.807, 2.05) is 7.11 Å². The van der Waals surface area contributed by atoms with E-state index in [2.05, 4.69) is 13.8 Å². The zero-order valence-corrected chi connectivity index (χ0v) is 16.5. The summed E-state index contributed by atoms with van der Waals surface area (Å²) in [5, 5.41) is 11.5. The molecule has 1 saturated heterocycles. The Hall–Kier alpha value is -0.160. The second-order valence-corrected chi connectivity index (χ2v) is 10.8. The van der Waals surface area contributed by atoms with Crippen LogP contribution in [0.2, 0.25) is 0 Å². The van der Waals surface area contributed by atoms with Gasteiger partial charge in [0.15, 0.2) is 5.79 Å². The van der Waals surface area contributed by atoms with Gasteiger partial charge in [-0.25, -0.2) is 0 Å². The van der Waals surface area contributed by atoms with Crippen LogP contribution in [0.4, 0.5) is 0 Å². The zero-order chi connectivity index (χ0) is 17.9. The molecule has 26 heavy (non-hydrogen) atoms. The molecule has 146 valence electrons. The van der Waals surface area contributed by atoms with Crippen molar-refractivity contribution in [2.24, 2.45) is 39.9 Å². The summed E-state index contributed by atoms with van der Waals surface area (Å²) in [6, 6.07) is 0. The molecule has 4 heteroatoms. The second kappa shape index (κ2) is 4.87. The van der Waals surface area contributed by atoms with Gasteiger partial charge < -0.3 is 19.3 Å². The van der Waals surface area contributed by atoms with Gasteiger partial charge >= 0.3 is 0 Å². The standard InChI is InChI=1S/C22H34O4/c1-19-6-4-13-11-21(13,19)17(24-3)10-14-15-5-7-22(25-8-9-26-22)20(15,2)12-16(23)18(14)19/h13-18,23H,4-12H2,1-3H3/t13?,14?,15?,16-,17+,18?,19+,20-,21?/m0/s1. The highest BCUT2D eigenvalue weighted by atomic mass is 16.7. The summed E-state index contributed by atoms with van der Waals surface area (Å²) < 4.78 is 18.6. The number of hydrogen-bond acceptors (Lipinski definition) is 4. The van der Waals surface area contributed by atoms with Crippen LogP contribution < -0.4 is 0 Å². The SMILES string of the molecule is CO[C@@H]1CC2C3CCC4(OCCO4)[C@@]3(C)C[C@H](O)C2[C@@]2(C)CCC3CC312. The van der Waals surface area contributed by atoms with Crippen molar-refractivity contribution in [2.45, 2.75) is 76.8 Å². The van der Waals surface area contributed by atoms with Crippen molar-refractivity contribution in [2.75, 3.05) is 20.3 Å². The molecule has 5 unspecified atom stereocenters. The van der Waals surface area contributed by atoms with E-state index in [-0.39, 0.29) is 16.9 Å². The summed E-state index contributed by atoms with van der Waals surface area (Å²) in [6.07, 6.45) is 8.21. The molecule has 1 heterocycles. The molecule has 0 aromatic heterocycles. The Balaban J connectivity index is 1.43. The smallest absolute Gasteiger partial charge is 0.174 e. The van der Waals surface area contributed by atoms with Crippen molar-refractivity contribution >= 4 is 0 Å². The van der Waals surface area contributed by atoms with E-state index >= 15 is 0 Å². The molecule has 9 atom stereocenters. The van der Waals surface area contributed by atoms with Gasteiger partial charge in [-0.2, -0.15) is 0 Å². The van der Waals surface area contributed by atoms with E-state index < -0.39 is 5.79 Å². The Bertz CT molecular complexity index is 630. The summed E-state index contributed by atoms with van der Waals surface area (Å²) in [5.74, 6) is 1.95. The van der Waals surface area contributed by atoms with Crippen LogP contribution in [0.5, 0.6) is 0 Å². The molecule has 5 aliphatic carbocycles. The van der Waals surface area contributed by atoms with E-state index in [1.54, 1.807) is 0 Å². The Morgan fingerprint density at radius 3 is 2.46 bits per heavy atom. The number of ether oxygens (including phenoxy) is 3. The molecule has 6 rings (SSSR count). The fourth-order valence-electron chi connectivity index (χ4n) is 9.58. The Kier molecular flexibility index (Phi) is 3.14. The quantitative estimate of drug-likeness (QED) is 0.777. The molecular weight excluding hydrogens is 328 g/mol. The van der Waals surface area contributed by atoms with Gasteiger partial charge in [0.05, 0.1) is 25.4 Å². The van der Waals surface area contributed by atoms with Crippen LogP contribution in [0, 0.1) is 39.9 Å². The third kappa shape index (κ3) is 1.58. The molecule has 6 fully saturated rings. The predicted molar refractivity (Wildman–Crippen MR) is 96.4 cm³/mol. The number of rotatable bonds is 1. The van der Waals surface area contributed by atoms with Crippen molar-refractivity contribution < 1.29 is 19.3 Å². The monoisotopic (exact) mass is 362 g/mol. The summed E-state index contributed by atoms with van der Waals surface area (Å²) in [4.78, 5) is 0. The average molecular weight is 363 g/mol. The molecule has 0 bridgehead atoms. The largest absolute Gasteiger partial charge is 0.393 e. The molecule has 0 aromatic carbocycles. The molecule has 0 radical (unpaired) electrons. The van der Waals surface area contributed by atoms with Crippen LogP contribution in [0.1, 0.15) is 58.8 Å². The lowest BCUT2D eigenvalue weighted by Gasteiger charge is -2.62. The highest BCUT2D eigenvalue weighted by molar-refractivity contribution is 5.27. The third-order valence-corrected chi connectivity index (χ3v) is 10.6. The topological polar surface area (TPSA) is 47.9 Å². The maximum atomic E-state index is 11.5. The normalized spacial score (nSPS) is 61.8. The molecular formula is C22H34O4. The van der Waals surface area contributed by atoms with Crippen LogP contribution in [0.3, 0.4) is 0 Å². The van der Waals surface area contributed by atoms with Gasteiger partial charge in [-0.05, 0) is 67.6 Å². The second-order valence-electron chi connectivity index (χ2n) is 10.8. The van der Waals surface area contributed by atoms with Gasteiger partial charge in [0, 0.05) is 24.4 Å². The van der Waals surface area contributed by atoms with E-state index in [0.717, 1.165) is 25.2 Å². The van der Waals surface area contributed by atoms with Crippen LogP contribution in [0.25, 0.3) is 0 Å². The van der Waals surface area contributed by atoms with Crippen molar-refractivity contribution in [3.05, 3.63) is 0 Å². The van der Waals surface area contributed by atoms with Crippen molar-refractivity contribution in [3.63, 3.8) is 0 Å². The molecule has 4 nitrogen and oxygen atoms in total. The first-order valence-electron chi connectivity index (χ1n) is 10.9. The zero-order valence-electron chi connectivity index (χ0n) is 16.5. The van der Waals surface area contributed by atoms with Crippen LogP contribution in [-0.2, 0) is 14.2 Å². The van der Waals surface area contributed by atoms with Gasteiger partial charge in [-0.3, -0.25) is 0 Å². The number of fused-ring (bicyclic) bond motifs is 5. The fourth-order valence-corrected chi connectivity index (χ4v) is 9.58. The molecule has 6 aliphatic rings. The number of aliphatic hydroxyl groups is 1. The van der Waals surface area contributed by atoms with Gasteiger partial charge in [0.1, 0.15) is 0 Å².